The van der Waals surface area contributed by atoms with Crippen LogP contribution in [0.4, 0.5) is 4.79 Å². The number of carboxylic acids is 1. The summed E-state index contributed by atoms with van der Waals surface area (Å²) < 4.78 is 5.14. The number of rotatable bonds is 5. The van der Waals surface area contributed by atoms with E-state index in [2.05, 4.69) is 20.6 Å². The van der Waals surface area contributed by atoms with Crippen LogP contribution >= 0.6 is 0 Å². The smallest absolute Gasteiger partial charge is 0.329 e. The Morgan fingerprint density at radius 2 is 2.20 bits per heavy atom. The number of amides is 2. The van der Waals surface area contributed by atoms with Crippen LogP contribution in [0.5, 0.6) is 0 Å². The summed E-state index contributed by atoms with van der Waals surface area (Å²) in [4.78, 5) is 30.0. The molecule has 20 heavy (non-hydrogen) atoms. The Morgan fingerprint density at radius 1 is 1.45 bits per heavy atom. The number of aromatic nitrogens is 2. The van der Waals surface area contributed by atoms with E-state index in [0.717, 1.165) is 5.69 Å². The van der Waals surface area contributed by atoms with E-state index in [1.807, 2.05) is 0 Å². The Balaban J connectivity index is 1.81. The molecular weight excluding hydrogens is 264 g/mol. The summed E-state index contributed by atoms with van der Waals surface area (Å²) in [6.07, 6.45) is 4.40. The number of carboxylic acid groups (broad SMARTS) is 1. The van der Waals surface area contributed by atoms with Gasteiger partial charge >= 0.3 is 12.0 Å². The molecule has 1 aliphatic heterocycles. The Kier molecular flexibility index (Phi) is 4.57. The van der Waals surface area contributed by atoms with Crippen LogP contribution in [0.2, 0.25) is 0 Å². The van der Waals surface area contributed by atoms with Crippen molar-refractivity contribution >= 4 is 12.0 Å². The van der Waals surface area contributed by atoms with Gasteiger partial charge in [0.15, 0.2) is 0 Å². The zero-order chi connectivity index (χ0) is 14.4. The van der Waals surface area contributed by atoms with E-state index in [1.54, 1.807) is 12.5 Å². The predicted molar refractivity (Wildman–Crippen MR) is 69.2 cm³/mol. The number of ether oxygens (including phenoxy) is 1. The van der Waals surface area contributed by atoms with Gasteiger partial charge in [-0.05, 0) is 0 Å². The predicted octanol–water partition coefficient (Wildman–Crippen LogP) is -0.115. The Hall–Kier alpha value is -2.09. The fraction of sp³-hybridized carbons (Fsp3) is 0.583. The first-order chi connectivity index (χ1) is 9.62. The third-order valence-electron chi connectivity index (χ3n) is 3.34. The molecule has 1 aliphatic rings. The molecule has 0 unspecified atom stereocenters. The molecule has 1 fully saturated rings. The monoisotopic (exact) mass is 282 g/mol. The molecule has 0 aromatic carbocycles. The highest BCUT2D eigenvalue weighted by Gasteiger charge is 2.41. The molecular formula is C12H18N4O4. The zero-order valence-corrected chi connectivity index (χ0v) is 11.0. The van der Waals surface area contributed by atoms with Gasteiger partial charge in [0.2, 0.25) is 0 Å². The molecule has 2 heterocycles. The highest BCUT2D eigenvalue weighted by molar-refractivity contribution is 5.86. The van der Waals surface area contributed by atoms with Crippen LogP contribution < -0.4 is 10.6 Å². The van der Waals surface area contributed by atoms with Gasteiger partial charge in [0, 0.05) is 50.9 Å². The van der Waals surface area contributed by atoms with E-state index in [9.17, 15) is 14.7 Å². The molecule has 4 N–H and O–H groups in total. The van der Waals surface area contributed by atoms with Gasteiger partial charge in [-0.3, -0.25) is 0 Å². The molecule has 0 spiro atoms. The molecule has 8 nitrogen and oxygen atoms in total. The lowest BCUT2D eigenvalue weighted by Gasteiger charge is -2.33. The number of imidazole rings is 1. The maximum absolute atomic E-state index is 11.8. The third-order valence-corrected chi connectivity index (χ3v) is 3.34. The fourth-order valence-corrected chi connectivity index (χ4v) is 2.11. The number of nitrogens with zero attached hydrogens (tertiary/aromatic N) is 1. The van der Waals surface area contributed by atoms with E-state index < -0.39 is 17.5 Å². The Bertz CT molecular complexity index is 454. The van der Waals surface area contributed by atoms with Crippen molar-refractivity contribution in [1.29, 1.82) is 0 Å². The SMILES string of the molecule is O=C(NCCc1cnc[nH]1)NC1(C(=O)O)CCOCC1. The summed E-state index contributed by atoms with van der Waals surface area (Å²) in [5.41, 5.74) is -0.319. The van der Waals surface area contributed by atoms with Gasteiger partial charge < -0.3 is 25.5 Å². The molecule has 1 saturated heterocycles. The van der Waals surface area contributed by atoms with Crippen molar-refractivity contribution in [2.24, 2.45) is 0 Å². The van der Waals surface area contributed by atoms with Crippen LogP contribution in [0, 0.1) is 0 Å². The molecule has 0 radical (unpaired) electrons. The highest BCUT2D eigenvalue weighted by atomic mass is 16.5. The average Bonchev–Trinajstić information content (AvgIpc) is 2.93. The van der Waals surface area contributed by atoms with Crippen molar-refractivity contribution in [3.63, 3.8) is 0 Å². The minimum atomic E-state index is -1.23. The van der Waals surface area contributed by atoms with Crippen molar-refractivity contribution in [3.8, 4) is 0 Å². The second-order valence-electron chi connectivity index (χ2n) is 4.71. The normalized spacial score (nSPS) is 17.4. The van der Waals surface area contributed by atoms with Crippen LogP contribution in [-0.4, -0.2) is 52.4 Å². The molecule has 8 heteroatoms. The molecule has 0 atom stereocenters. The van der Waals surface area contributed by atoms with Gasteiger partial charge in [-0.2, -0.15) is 0 Å². The summed E-state index contributed by atoms with van der Waals surface area (Å²) in [5.74, 6) is -1.02. The quantitative estimate of drug-likeness (QED) is 0.601. The largest absolute Gasteiger partial charge is 0.480 e. The molecule has 2 rings (SSSR count). The Labute approximate surface area is 115 Å². The molecule has 0 bridgehead atoms. The van der Waals surface area contributed by atoms with Crippen molar-refractivity contribution in [3.05, 3.63) is 18.2 Å². The van der Waals surface area contributed by atoms with Crippen LogP contribution in [0.15, 0.2) is 12.5 Å². The first-order valence-corrected chi connectivity index (χ1v) is 6.47. The minimum Gasteiger partial charge on any atom is -0.480 e. The van der Waals surface area contributed by atoms with Gasteiger partial charge in [0.1, 0.15) is 5.54 Å². The summed E-state index contributed by atoms with van der Waals surface area (Å²) >= 11 is 0. The molecule has 1 aromatic rings. The topological polar surface area (TPSA) is 116 Å². The summed E-state index contributed by atoms with van der Waals surface area (Å²) in [7, 11) is 0. The number of hydrogen-bond donors (Lipinski definition) is 4. The average molecular weight is 282 g/mol. The van der Waals surface area contributed by atoms with Crippen LogP contribution in [0.25, 0.3) is 0 Å². The number of nitrogens with one attached hydrogen (secondary N) is 3. The van der Waals surface area contributed by atoms with E-state index in [4.69, 9.17) is 4.74 Å². The van der Waals surface area contributed by atoms with Crippen molar-refractivity contribution < 1.29 is 19.4 Å². The van der Waals surface area contributed by atoms with Crippen molar-refractivity contribution in [2.45, 2.75) is 24.8 Å². The zero-order valence-electron chi connectivity index (χ0n) is 11.0. The number of aliphatic carboxylic acids is 1. The highest BCUT2D eigenvalue weighted by Crippen LogP contribution is 2.20. The minimum absolute atomic E-state index is 0.274. The summed E-state index contributed by atoms with van der Waals surface area (Å²) in [6, 6.07) is -0.478. The maximum Gasteiger partial charge on any atom is 0.329 e. The fourth-order valence-electron chi connectivity index (χ4n) is 2.11. The number of carbonyl (C=O) groups is 2. The molecule has 2 amide bonds. The summed E-state index contributed by atoms with van der Waals surface area (Å²) in [6.45, 7) is 1.07. The van der Waals surface area contributed by atoms with Crippen molar-refractivity contribution in [1.82, 2.24) is 20.6 Å². The number of H-pyrrole nitrogens is 1. The number of aromatic amines is 1. The number of urea groups is 1. The first-order valence-electron chi connectivity index (χ1n) is 6.47. The van der Waals surface area contributed by atoms with Gasteiger partial charge in [0.25, 0.3) is 0 Å². The van der Waals surface area contributed by atoms with Gasteiger partial charge in [-0.25, -0.2) is 14.6 Å². The van der Waals surface area contributed by atoms with Gasteiger partial charge in [-0.1, -0.05) is 0 Å². The number of hydrogen-bond acceptors (Lipinski definition) is 4. The Morgan fingerprint density at radius 3 is 2.80 bits per heavy atom. The lowest BCUT2D eigenvalue weighted by atomic mass is 9.90. The summed E-state index contributed by atoms with van der Waals surface area (Å²) in [5, 5.41) is 14.5. The molecule has 0 aliphatic carbocycles. The molecule has 1 aromatic heterocycles. The van der Waals surface area contributed by atoms with E-state index in [1.165, 1.54) is 0 Å². The van der Waals surface area contributed by atoms with Crippen LogP contribution in [0.3, 0.4) is 0 Å². The first kappa shape index (κ1) is 14.3. The molecule has 110 valence electrons. The van der Waals surface area contributed by atoms with E-state index in [-0.39, 0.29) is 12.8 Å². The molecule has 0 saturated carbocycles. The van der Waals surface area contributed by atoms with E-state index in [0.29, 0.717) is 26.2 Å². The van der Waals surface area contributed by atoms with Gasteiger partial charge in [0.05, 0.1) is 6.33 Å². The van der Waals surface area contributed by atoms with Crippen LogP contribution in [0.1, 0.15) is 18.5 Å². The third kappa shape index (κ3) is 3.47. The lowest BCUT2D eigenvalue weighted by Crippen LogP contribution is -2.59. The lowest BCUT2D eigenvalue weighted by molar-refractivity contribution is -0.148. The number of carbonyl (C=O) groups excluding carboxylic acids is 1. The maximum atomic E-state index is 11.8. The second-order valence-corrected chi connectivity index (χ2v) is 4.71. The van der Waals surface area contributed by atoms with E-state index >= 15 is 0 Å². The van der Waals surface area contributed by atoms with Crippen LogP contribution in [-0.2, 0) is 16.0 Å². The standard InChI is InChI=1S/C12H18N4O4/c17-10(18)12(2-5-20-6-3-12)16-11(19)14-4-1-9-7-13-8-15-9/h7-8H,1-6H2,(H,13,15)(H,17,18)(H2,14,16,19). The second kappa shape index (κ2) is 6.38. The van der Waals surface area contributed by atoms with Gasteiger partial charge in [-0.15, -0.1) is 0 Å². The van der Waals surface area contributed by atoms with Crippen molar-refractivity contribution in [2.75, 3.05) is 19.8 Å².